The Morgan fingerprint density at radius 2 is 1.70 bits per heavy atom. The number of hydrogen-bond acceptors (Lipinski definition) is 6. The van der Waals surface area contributed by atoms with Crippen LogP contribution in [0.4, 0.5) is 16.2 Å². The summed E-state index contributed by atoms with van der Waals surface area (Å²) < 4.78 is 11.7. The highest BCUT2D eigenvalue weighted by Crippen LogP contribution is 2.37. The molecule has 1 fully saturated rings. The van der Waals surface area contributed by atoms with Gasteiger partial charge in [0.05, 0.1) is 17.3 Å². The first-order valence-electron chi connectivity index (χ1n) is 12.3. The Kier molecular flexibility index (Phi) is 8.39. The minimum absolute atomic E-state index is 0.228. The van der Waals surface area contributed by atoms with Crippen molar-refractivity contribution in [2.45, 2.75) is 27.7 Å². The summed E-state index contributed by atoms with van der Waals surface area (Å²) in [5, 5.41) is 5.06. The fourth-order valence-electron chi connectivity index (χ4n) is 4.08. The maximum Gasteiger partial charge on any atom is 0.335 e. The molecule has 40 heavy (non-hydrogen) atoms. The van der Waals surface area contributed by atoms with Gasteiger partial charge in [-0.3, -0.25) is 19.7 Å². The largest absolute Gasteiger partial charge is 0.493 e. The van der Waals surface area contributed by atoms with Crippen LogP contribution in [0.1, 0.15) is 27.8 Å². The molecular formula is C30H28BrN3O6. The highest BCUT2D eigenvalue weighted by molar-refractivity contribution is 9.10. The number of methoxy groups -OCH3 is 1. The number of carbonyl (C=O) groups excluding carboxylic acids is 4. The average molecular weight is 606 g/mol. The van der Waals surface area contributed by atoms with Crippen LogP contribution in [0.3, 0.4) is 0 Å². The van der Waals surface area contributed by atoms with Gasteiger partial charge in [0.15, 0.2) is 18.1 Å². The molecule has 3 aromatic rings. The number of hydrogen-bond donors (Lipinski definition) is 2. The summed E-state index contributed by atoms with van der Waals surface area (Å²) in [6.45, 7) is 7.34. The zero-order valence-corrected chi connectivity index (χ0v) is 24.3. The third kappa shape index (κ3) is 6.07. The summed E-state index contributed by atoms with van der Waals surface area (Å²) in [5.74, 6) is -1.38. The normalized spacial score (nSPS) is 14.3. The molecule has 0 aliphatic carbocycles. The Bertz CT molecular complexity index is 1580. The number of halogens is 1. The number of nitrogens with one attached hydrogen (secondary N) is 2. The van der Waals surface area contributed by atoms with Crippen molar-refractivity contribution in [3.05, 3.63) is 86.4 Å². The van der Waals surface area contributed by atoms with Crippen LogP contribution in [0.15, 0.2) is 58.6 Å². The molecule has 0 radical (unpaired) electrons. The fraction of sp³-hybridized carbons (Fsp3) is 0.200. The van der Waals surface area contributed by atoms with Crippen LogP contribution in [0, 0.1) is 27.7 Å². The SMILES string of the molecule is COc1cc(/C=C2/C(=O)NC(=O)N(c3ccc(C)c(C)c3)C2=O)cc(Br)c1OCC(=O)Nc1cc(C)ccc1C. The van der Waals surface area contributed by atoms with Crippen molar-refractivity contribution in [2.24, 2.45) is 0 Å². The second-order valence-electron chi connectivity index (χ2n) is 9.42. The Balaban J connectivity index is 1.57. The smallest absolute Gasteiger partial charge is 0.335 e. The molecule has 0 spiro atoms. The third-order valence-electron chi connectivity index (χ3n) is 6.43. The highest BCUT2D eigenvalue weighted by Gasteiger charge is 2.37. The van der Waals surface area contributed by atoms with Crippen LogP contribution in [-0.4, -0.2) is 37.5 Å². The summed E-state index contributed by atoms with van der Waals surface area (Å²) in [5.41, 5.74) is 5.10. The number of anilines is 2. The standard InChI is InChI=1S/C30H28BrN3O6/c1-16-6-7-18(3)24(10-16)32-26(35)15-40-27-23(31)13-20(14-25(27)39-5)12-22-28(36)33-30(38)34(29(22)37)21-9-8-17(2)19(4)11-21/h6-14H,15H2,1-5H3,(H,32,35)(H,33,36,38)/b22-12-. The van der Waals surface area contributed by atoms with Gasteiger partial charge in [0.25, 0.3) is 17.7 Å². The predicted octanol–water partition coefficient (Wildman–Crippen LogP) is 5.38. The third-order valence-corrected chi connectivity index (χ3v) is 7.02. The van der Waals surface area contributed by atoms with E-state index in [4.69, 9.17) is 9.47 Å². The van der Waals surface area contributed by atoms with Gasteiger partial charge >= 0.3 is 6.03 Å². The number of carbonyl (C=O) groups is 4. The lowest BCUT2D eigenvalue weighted by Crippen LogP contribution is -2.54. The molecule has 0 saturated carbocycles. The van der Waals surface area contributed by atoms with E-state index in [0.717, 1.165) is 27.2 Å². The van der Waals surface area contributed by atoms with Crippen LogP contribution < -0.4 is 25.0 Å². The zero-order valence-electron chi connectivity index (χ0n) is 22.7. The van der Waals surface area contributed by atoms with Crippen LogP contribution in [-0.2, 0) is 14.4 Å². The van der Waals surface area contributed by atoms with Gasteiger partial charge in [-0.2, -0.15) is 0 Å². The van der Waals surface area contributed by atoms with Gasteiger partial charge in [0, 0.05) is 5.69 Å². The first-order valence-corrected chi connectivity index (χ1v) is 13.1. The number of urea groups is 1. The van der Waals surface area contributed by atoms with Crippen molar-refractivity contribution < 1.29 is 28.7 Å². The molecular weight excluding hydrogens is 578 g/mol. The summed E-state index contributed by atoms with van der Waals surface area (Å²) in [6.07, 6.45) is 1.36. The number of aryl methyl sites for hydroxylation is 4. The molecule has 2 N–H and O–H groups in total. The Morgan fingerprint density at radius 1 is 0.975 bits per heavy atom. The molecule has 0 aromatic heterocycles. The number of imide groups is 2. The molecule has 206 valence electrons. The lowest BCUT2D eigenvalue weighted by molar-refractivity contribution is -0.122. The van der Waals surface area contributed by atoms with E-state index in [-0.39, 0.29) is 29.6 Å². The lowest BCUT2D eigenvalue weighted by Gasteiger charge is -2.27. The van der Waals surface area contributed by atoms with E-state index in [1.54, 1.807) is 30.3 Å². The van der Waals surface area contributed by atoms with Gasteiger partial charge in [-0.1, -0.05) is 18.2 Å². The monoisotopic (exact) mass is 605 g/mol. The molecule has 1 saturated heterocycles. The number of benzene rings is 3. The van der Waals surface area contributed by atoms with Crippen molar-refractivity contribution in [1.82, 2.24) is 5.32 Å². The second-order valence-corrected chi connectivity index (χ2v) is 10.3. The van der Waals surface area contributed by atoms with Gasteiger partial charge in [-0.15, -0.1) is 0 Å². The van der Waals surface area contributed by atoms with Crippen molar-refractivity contribution in [2.75, 3.05) is 23.9 Å². The molecule has 0 bridgehead atoms. The number of amides is 5. The summed E-state index contributed by atoms with van der Waals surface area (Å²) >= 11 is 3.43. The van der Waals surface area contributed by atoms with Gasteiger partial charge in [0.2, 0.25) is 0 Å². The minimum Gasteiger partial charge on any atom is -0.493 e. The van der Waals surface area contributed by atoms with E-state index < -0.39 is 17.8 Å². The number of rotatable bonds is 7. The molecule has 10 heteroatoms. The summed E-state index contributed by atoms with van der Waals surface area (Å²) in [4.78, 5) is 52.0. The van der Waals surface area contributed by atoms with E-state index in [0.29, 0.717) is 21.4 Å². The van der Waals surface area contributed by atoms with E-state index in [1.165, 1.54) is 13.2 Å². The van der Waals surface area contributed by atoms with E-state index in [9.17, 15) is 19.2 Å². The molecule has 0 unspecified atom stereocenters. The molecule has 1 heterocycles. The van der Waals surface area contributed by atoms with Gasteiger partial charge in [0.1, 0.15) is 5.57 Å². The second kappa shape index (κ2) is 11.7. The van der Waals surface area contributed by atoms with E-state index >= 15 is 0 Å². The Hall–Kier alpha value is -4.44. The van der Waals surface area contributed by atoms with Crippen molar-refractivity contribution in [3.63, 3.8) is 0 Å². The molecule has 0 atom stereocenters. The van der Waals surface area contributed by atoms with Crippen molar-refractivity contribution in [1.29, 1.82) is 0 Å². The maximum atomic E-state index is 13.3. The molecule has 1 aliphatic heterocycles. The maximum absolute atomic E-state index is 13.3. The quantitative estimate of drug-likeness (QED) is 0.276. The molecule has 4 rings (SSSR count). The molecule has 1 aliphatic rings. The zero-order chi connectivity index (χ0) is 29.1. The van der Waals surface area contributed by atoms with Crippen LogP contribution >= 0.6 is 15.9 Å². The average Bonchev–Trinajstić information content (AvgIpc) is 2.89. The van der Waals surface area contributed by atoms with Crippen molar-refractivity contribution >= 4 is 57.1 Å². The molecule has 9 nitrogen and oxygen atoms in total. The summed E-state index contributed by atoms with van der Waals surface area (Å²) in [6, 6.07) is 13.3. The lowest BCUT2D eigenvalue weighted by atomic mass is 10.0. The van der Waals surface area contributed by atoms with E-state index in [2.05, 4.69) is 26.6 Å². The minimum atomic E-state index is -0.822. The Morgan fingerprint density at radius 3 is 2.40 bits per heavy atom. The highest BCUT2D eigenvalue weighted by atomic mass is 79.9. The van der Waals surface area contributed by atoms with Crippen molar-refractivity contribution in [3.8, 4) is 11.5 Å². The first-order chi connectivity index (χ1) is 19.0. The van der Waals surface area contributed by atoms with Crippen LogP contribution in [0.25, 0.3) is 6.08 Å². The fourth-order valence-corrected chi connectivity index (χ4v) is 4.66. The van der Waals surface area contributed by atoms with Crippen LogP contribution in [0.2, 0.25) is 0 Å². The van der Waals surface area contributed by atoms with Gasteiger partial charge < -0.3 is 14.8 Å². The first kappa shape index (κ1) is 28.6. The molecule has 5 amide bonds. The van der Waals surface area contributed by atoms with Crippen LogP contribution in [0.5, 0.6) is 11.5 Å². The predicted molar refractivity (Wildman–Crippen MR) is 156 cm³/mol. The topological polar surface area (TPSA) is 114 Å². The number of ether oxygens (including phenoxy) is 2. The molecule has 3 aromatic carbocycles. The van der Waals surface area contributed by atoms with E-state index in [1.807, 2.05) is 45.9 Å². The van der Waals surface area contributed by atoms with Gasteiger partial charge in [-0.25, -0.2) is 9.69 Å². The van der Waals surface area contributed by atoms with Gasteiger partial charge in [-0.05, 0) is 108 Å². The number of barbiturate groups is 1. The Labute approximate surface area is 240 Å². The number of nitrogens with zero attached hydrogens (tertiary/aromatic N) is 1. The summed E-state index contributed by atoms with van der Waals surface area (Å²) in [7, 11) is 1.43.